The lowest BCUT2D eigenvalue weighted by atomic mass is 10.1. The van der Waals surface area contributed by atoms with Crippen LogP contribution in [0.15, 0.2) is 42.5 Å². The van der Waals surface area contributed by atoms with Crippen LogP contribution in [0.3, 0.4) is 0 Å². The maximum absolute atomic E-state index is 14.0. The van der Waals surface area contributed by atoms with E-state index in [1.54, 1.807) is 6.92 Å². The second-order valence-electron chi connectivity index (χ2n) is 5.99. The Hall–Kier alpha value is -2.84. The number of hydrogen-bond donors (Lipinski definition) is 0. The Labute approximate surface area is 158 Å². The average molecular weight is 386 g/mol. The number of carbonyl (C=O) groups excluding carboxylic acids is 1. The van der Waals surface area contributed by atoms with Gasteiger partial charge in [-0.3, -0.25) is 0 Å². The fourth-order valence-electron chi connectivity index (χ4n) is 2.79. The molecule has 6 nitrogen and oxygen atoms in total. The Morgan fingerprint density at radius 3 is 2.89 bits per heavy atom. The van der Waals surface area contributed by atoms with Crippen molar-refractivity contribution < 1.29 is 23.4 Å². The molecule has 0 saturated carbocycles. The SMILES string of the molecule is Cc1nnsc1C(=O)OCc1cc(F)cc2c1O[C@H](c1ccccc1)OC2. The molecule has 0 unspecified atom stereocenters. The number of aromatic nitrogens is 2. The number of halogens is 1. The largest absolute Gasteiger partial charge is 0.460 e. The van der Waals surface area contributed by atoms with Crippen LogP contribution in [0, 0.1) is 12.7 Å². The van der Waals surface area contributed by atoms with Crippen LogP contribution in [0.5, 0.6) is 5.75 Å². The van der Waals surface area contributed by atoms with E-state index in [0.717, 1.165) is 17.1 Å². The molecule has 0 bridgehead atoms. The van der Waals surface area contributed by atoms with Crippen LogP contribution in [0.25, 0.3) is 0 Å². The van der Waals surface area contributed by atoms with E-state index in [2.05, 4.69) is 9.59 Å². The molecule has 1 atom stereocenters. The van der Waals surface area contributed by atoms with Crippen molar-refractivity contribution in [2.24, 2.45) is 0 Å². The minimum atomic E-state index is -0.605. The van der Waals surface area contributed by atoms with Gasteiger partial charge >= 0.3 is 5.97 Å². The highest BCUT2D eigenvalue weighted by atomic mass is 32.1. The molecule has 0 N–H and O–H groups in total. The zero-order valence-electron chi connectivity index (χ0n) is 14.3. The molecule has 4 rings (SSSR count). The fraction of sp³-hybridized carbons (Fsp3) is 0.211. The second-order valence-corrected chi connectivity index (χ2v) is 6.74. The lowest BCUT2D eigenvalue weighted by Gasteiger charge is -2.28. The van der Waals surface area contributed by atoms with Gasteiger partial charge in [-0.05, 0) is 30.6 Å². The molecule has 0 radical (unpaired) electrons. The summed E-state index contributed by atoms with van der Waals surface area (Å²) in [5.41, 5.74) is 2.36. The Balaban J connectivity index is 1.56. The summed E-state index contributed by atoms with van der Waals surface area (Å²) in [6.45, 7) is 1.75. The van der Waals surface area contributed by atoms with Crippen molar-refractivity contribution in [1.29, 1.82) is 0 Å². The summed E-state index contributed by atoms with van der Waals surface area (Å²) in [6, 6.07) is 12.1. The maximum atomic E-state index is 14.0. The average Bonchev–Trinajstić information content (AvgIpc) is 3.12. The van der Waals surface area contributed by atoms with Crippen molar-refractivity contribution >= 4 is 17.5 Å². The van der Waals surface area contributed by atoms with Gasteiger partial charge in [-0.15, -0.1) is 5.10 Å². The van der Waals surface area contributed by atoms with E-state index in [0.29, 0.717) is 27.4 Å². The summed E-state index contributed by atoms with van der Waals surface area (Å²) in [5.74, 6) is -0.517. The smallest absolute Gasteiger partial charge is 0.352 e. The summed E-state index contributed by atoms with van der Waals surface area (Å²) < 4.78 is 34.6. The second kappa shape index (κ2) is 7.42. The van der Waals surface area contributed by atoms with E-state index in [-0.39, 0.29) is 13.2 Å². The zero-order valence-corrected chi connectivity index (χ0v) is 15.2. The number of ether oxygens (including phenoxy) is 3. The first-order valence-corrected chi connectivity index (χ1v) is 8.99. The molecule has 0 amide bonds. The third-order valence-corrected chi connectivity index (χ3v) is 4.90. The number of carbonyl (C=O) groups is 1. The van der Waals surface area contributed by atoms with Gasteiger partial charge in [-0.2, -0.15) is 0 Å². The molecule has 0 spiro atoms. The molecule has 3 aromatic rings. The Bertz CT molecular complexity index is 977. The number of esters is 1. The van der Waals surface area contributed by atoms with E-state index in [9.17, 15) is 9.18 Å². The van der Waals surface area contributed by atoms with Crippen molar-refractivity contribution in [2.75, 3.05) is 0 Å². The summed E-state index contributed by atoms with van der Waals surface area (Å²) >= 11 is 0.961. The van der Waals surface area contributed by atoms with Crippen molar-refractivity contribution in [1.82, 2.24) is 9.59 Å². The van der Waals surface area contributed by atoms with Crippen molar-refractivity contribution in [2.45, 2.75) is 26.4 Å². The highest BCUT2D eigenvalue weighted by Gasteiger charge is 2.26. The molecule has 2 aromatic carbocycles. The van der Waals surface area contributed by atoms with Crippen LogP contribution in [0.1, 0.15) is 38.3 Å². The van der Waals surface area contributed by atoms with E-state index in [1.807, 2.05) is 30.3 Å². The first-order chi connectivity index (χ1) is 13.1. The van der Waals surface area contributed by atoms with Crippen LogP contribution in [0.2, 0.25) is 0 Å². The minimum absolute atomic E-state index is 0.127. The van der Waals surface area contributed by atoms with Crippen LogP contribution < -0.4 is 4.74 Å². The van der Waals surface area contributed by atoms with Gasteiger partial charge < -0.3 is 14.2 Å². The van der Waals surface area contributed by atoms with E-state index in [1.165, 1.54) is 12.1 Å². The topological polar surface area (TPSA) is 70.5 Å². The van der Waals surface area contributed by atoms with Crippen molar-refractivity contribution in [3.63, 3.8) is 0 Å². The molecule has 0 aliphatic carbocycles. The lowest BCUT2D eigenvalue weighted by molar-refractivity contribution is -0.112. The predicted octanol–water partition coefficient (Wildman–Crippen LogP) is 3.95. The zero-order chi connectivity index (χ0) is 18.8. The molecule has 2 heterocycles. The van der Waals surface area contributed by atoms with E-state index < -0.39 is 18.1 Å². The summed E-state index contributed by atoms with van der Waals surface area (Å²) in [5, 5.41) is 3.79. The first-order valence-electron chi connectivity index (χ1n) is 8.22. The first kappa shape index (κ1) is 17.6. The highest BCUT2D eigenvalue weighted by Crippen LogP contribution is 2.37. The van der Waals surface area contributed by atoms with Gasteiger partial charge in [-0.25, -0.2) is 9.18 Å². The van der Waals surface area contributed by atoms with Gasteiger partial charge in [-0.1, -0.05) is 34.8 Å². The number of rotatable bonds is 4. The quantitative estimate of drug-likeness (QED) is 0.633. The minimum Gasteiger partial charge on any atom is -0.460 e. The summed E-state index contributed by atoms with van der Waals surface area (Å²) in [4.78, 5) is 12.5. The van der Waals surface area contributed by atoms with Gasteiger partial charge in [0.15, 0.2) is 4.88 Å². The summed E-state index contributed by atoms with van der Waals surface area (Å²) in [6.07, 6.45) is -0.605. The Kier molecular flexibility index (Phi) is 4.83. The molecule has 1 aliphatic heterocycles. The normalized spacial score (nSPS) is 15.7. The third kappa shape index (κ3) is 3.67. The highest BCUT2D eigenvalue weighted by molar-refractivity contribution is 7.07. The molecule has 8 heteroatoms. The number of fused-ring (bicyclic) bond motifs is 1. The lowest BCUT2D eigenvalue weighted by Crippen LogP contribution is -2.20. The van der Waals surface area contributed by atoms with Crippen LogP contribution >= 0.6 is 11.5 Å². The van der Waals surface area contributed by atoms with Gasteiger partial charge in [0, 0.05) is 16.7 Å². The molecular weight excluding hydrogens is 371 g/mol. The molecule has 0 fully saturated rings. The van der Waals surface area contributed by atoms with Crippen LogP contribution in [-0.2, 0) is 22.7 Å². The predicted molar refractivity (Wildman–Crippen MR) is 94.8 cm³/mol. The van der Waals surface area contributed by atoms with Gasteiger partial charge in [0.25, 0.3) is 0 Å². The number of nitrogens with zero attached hydrogens (tertiary/aromatic N) is 2. The molecule has 0 saturated heterocycles. The standard InChI is InChI=1S/C19H15FN2O4S/c1-11-17(27-22-21-11)18(23)24-9-13-7-15(20)8-14-10-25-19(26-16(13)14)12-5-3-2-4-6-12/h2-8,19H,9-10H2,1H3/t19-/m1/s1. The molecule has 1 aromatic heterocycles. The molecule has 138 valence electrons. The van der Waals surface area contributed by atoms with Crippen molar-refractivity contribution in [3.8, 4) is 5.75 Å². The number of benzene rings is 2. The summed E-state index contributed by atoms with van der Waals surface area (Å²) in [7, 11) is 0. The van der Waals surface area contributed by atoms with E-state index >= 15 is 0 Å². The fourth-order valence-corrected chi connectivity index (χ4v) is 3.34. The van der Waals surface area contributed by atoms with Crippen LogP contribution in [-0.4, -0.2) is 15.6 Å². The van der Waals surface area contributed by atoms with Crippen LogP contribution in [0.4, 0.5) is 4.39 Å². The van der Waals surface area contributed by atoms with E-state index in [4.69, 9.17) is 14.2 Å². The number of hydrogen-bond acceptors (Lipinski definition) is 7. The number of aryl methyl sites for hydroxylation is 1. The van der Waals surface area contributed by atoms with Gasteiger partial charge in [0.05, 0.1) is 12.3 Å². The molecule has 1 aliphatic rings. The Morgan fingerprint density at radius 2 is 2.15 bits per heavy atom. The van der Waals surface area contributed by atoms with Gasteiger partial charge in [0.1, 0.15) is 18.2 Å². The monoisotopic (exact) mass is 386 g/mol. The van der Waals surface area contributed by atoms with Crippen molar-refractivity contribution in [3.05, 3.63) is 75.5 Å². The Morgan fingerprint density at radius 1 is 1.33 bits per heavy atom. The van der Waals surface area contributed by atoms with Gasteiger partial charge in [0.2, 0.25) is 6.29 Å². The molecular formula is C19H15FN2O4S. The maximum Gasteiger partial charge on any atom is 0.352 e. The third-order valence-electron chi connectivity index (χ3n) is 4.09. The molecule has 27 heavy (non-hydrogen) atoms.